The quantitative estimate of drug-likeness (QED) is 0.440. The number of halogens is 1. The summed E-state index contributed by atoms with van der Waals surface area (Å²) in [6, 6.07) is 12.8. The van der Waals surface area contributed by atoms with Gasteiger partial charge in [-0.2, -0.15) is 5.10 Å². The predicted molar refractivity (Wildman–Crippen MR) is 133 cm³/mol. The second kappa shape index (κ2) is 11.3. The Morgan fingerprint density at radius 1 is 1.17 bits per heavy atom. The van der Waals surface area contributed by atoms with E-state index in [1.165, 1.54) is 0 Å². The molecule has 188 valence electrons. The number of rotatable bonds is 10. The second-order valence-electron chi connectivity index (χ2n) is 8.98. The molecular formula is C26H32ClN3O5. The molecule has 8 nitrogen and oxygen atoms in total. The first kappa shape index (κ1) is 25.3. The van der Waals surface area contributed by atoms with Gasteiger partial charge in [0.15, 0.2) is 11.5 Å². The third-order valence-electron chi connectivity index (χ3n) is 6.10. The Kier molecular flexibility index (Phi) is 8.18. The van der Waals surface area contributed by atoms with Gasteiger partial charge in [-0.05, 0) is 54.8 Å². The fourth-order valence-corrected chi connectivity index (χ4v) is 4.39. The van der Waals surface area contributed by atoms with Crippen molar-refractivity contribution in [3.05, 3.63) is 71.0 Å². The number of hydrogen-bond donors (Lipinski definition) is 2. The van der Waals surface area contributed by atoms with Crippen LogP contribution >= 0.6 is 11.6 Å². The van der Waals surface area contributed by atoms with Gasteiger partial charge in [-0.25, -0.2) is 0 Å². The maximum atomic E-state index is 11.2. The number of aromatic nitrogens is 2. The number of aryl methyl sites for hydroxylation is 1. The van der Waals surface area contributed by atoms with Crippen molar-refractivity contribution < 1.29 is 24.4 Å². The Morgan fingerprint density at radius 2 is 2.03 bits per heavy atom. The molecule has 1 aliphatic heterocycles. The van der Waals surface area contributed by atoms with Crippen LogP contribution in [-0.2, 0) is 13.1 Å². The molecule has 0 radical (unpaired) electrons. The molecule has 9 heteroatoms. The van der Waals surface area contributed by atoms with Crippen LogP contribution in [0.5, 0.6) is 17.2 Å². The average molecular weight is 502 g/mol. The Morgan fingerprint density at radius 3 is 2.77 bits per heavy atom. The van der Waals surface area contributed by atoms with Crippen LogP contribution in [0.4, 0.5) is 0 Å². The summed E-state index contributed by atoms with van der Waals surface area (Å²) in [6.45, 7) is 4.61. The summed E-state index contributed by atoms with van der Waals surface area (Å²) in [5, 5.41) is 26.5. The molecule has 0 aliphatic carbocycles. The summed E-state index contributed by atoms with van der Waals surface area (Å²) in [7, 11) is 1.62. The number of nitrogens with zero attached hydrogens (tertiary/aromatic N) is 3. The Labute approximate surface area is 210 Å². The summed E-state index contributed by atoms with van der Waals surface area (Å²) < 4.78 is 19.1. The highest BCUT2D eigenvalue weighted by Gasteiger charge is 2.42. The van der Waals surface area contributed by atoms with E-state index in [1.54, 1.807) is 31.4 Å². The molecule has 2 N–H and O–H groups in total. The first-order valence-corrected chi connectivity index (χ1v) is 12.0. The Balaban J connectivity index is 1.34. The molecule has 0 spiro atoms. The SMILES string of the molecule is COc1cc(CN2CC[C@H](O)[C@@](O)(COc3cccc(Cl)c3)C2)ccc1OCCn1cc(C)cn1. The zero-order chi connectivity index (χ0) is 24.8. The zero-order valence-corrected chi connectivity index (χ0v) is 20.8. The number of aliphatic hydroxyl groups excluding tert-OH is 1. The summed E-state index contributed by atoms with van der Waals surface area (Å²) in [6.07, 6.45) is 3.36. The van der Waals surface area contributed by atoms with Crippen LogP contribution in [0.25, 0.3) is 0 Å². The van der Waals surface area contributed by atoms with Gasteiger partial charge >= 0.3 is 0 Å². The van der Waals surface area contributed by atoms with E-state index in [-0.39, 0.29) is 13.2 Å². The summed E-state index contributed by atoms with van der Waals surface area (Å²) in [4.78, 5) is 2.10. The van der Waals surface area contributed by atoms with E-state index in [1.807, 2.05) is 42.2 Å². The molecular weight excluding hydrogens is 470 g/mol. The van der Waals surface area contributed by atoms with Gasteiger partial charge in [-0.15, -0.1) is 0 Å². The molecule has 0 amide bonds. The number of likely N-dealkylation sites (tertiary alicyclic amines) is 1. The van der Waals surface area contributed by atoms with Gasteiger partial charge in [0.05, 0.1) is 26.0 Å². The molecule has 4 rings (SSSR count). The molecule has 0 bridgehead atoms. The number of aliphatic hydroxyl groups is 2. The number of benzene rings is 2. The van der Waals surface area contributed by atoms with E-state index in [2.05, 4.69) is 10.00 Å². The van der Waals surface area contributed by atoms with E-state index in [0.717, 1.165) is 11.1 Å². The lowest BCUT2D eigenvalue weighted by molar-refractivity contribution is -0.140. The van der Waals surface area contributed by atoms with Crippen molar-refractivity contribution in [3.63, 3.8) is 0 Å². The highest BCUT2D eigenvalue weighted by atomic mass is 35.5. The van der Waals surface area contributed by atoms with E-state index < -0.39 is 11.7 Å². The highest BCUT2D eigenvalue weighted by Crippen LogP contribution is 2.30. The third kappa shape index (κ3) is 6.67. The van der Waals surface area contributed by atoms with Crippen LogP contribution in [0.15, 0.2) is 54.9 Å². The van der Waals surface area contributed by atoms with Crippen LogP contribution in [0.3, 0.4) is 0 Å². The van der Waals surface area contributed by atoms with Gasteiger partial charge in [-0.1, -0.05) is 23.7 Å². The first-order chi connectivity index (χ1) is 16.8. The van der Waals surface area contributed by atoms with E-state index in [4.69, 9.17) is 25.8 Å². The van der Waals surface area contributed by atoms with Crippen molar-refractivity contribution in [1.29, 1.82) is 0 Å². The molecule has 2 heterocycles. The number of piperidine rings is 1. The van der Waals surface area contributed by atoms with Crippen LogP contribution in [0, 0.1) is 6.92 Å². The minimum atomic E-state index is -1.39. The molecule has 1 aromatic heterocycles. The van der Waals surface area contributed by atoms with Crippen molar-refractivity contribution in [3.8, 4) is 17.2 Å². The maximum Gasteiger partial charge on any atom is 0.161 e. The fourth-order valence-electron chi connectivity index (χ4n) is 4.21. The van der Waals surface area contributed by atoms with Crippen LogP contribution in [-0.4, -0.2) is 70.0 Å². The lowest BCUT2D eigenvalue weighted by Crippen LogP contribution is -2.59. The molecule has 1 saturated heterocycles. The zero-order valence-electron chi connectivity index (χ0n) is 20.1. The van der Waals surface area contributed by atoms with Crippen molar-refractivity contribution >= 4 is 11.6 Å². The standard InChI is InChI=1S/C26H32ClN3O5/c1-19-14-28-30(15-19)10-11-34-23-7-6-20(12-24(23)33-2)16-29-9-8-25(31)26(32,17-29)18-35-22-5-3-4-21(27)13-22/h3-7,12-15,25,31-32H,8-11,16-18H2,1-2H3/t25-,26-/m0/s1. The van der Waals surface area contributed by atoms with Gasteiger partial charge in [0.1, 0.15) is 24.6 Å². The Bertz CT molecular complexity index is 1120. The van der Waals surface area contributed by atoms with Crippen molar-refractivity contribution in [2.45, 2.75) is 38.1 Å². The van der Waals surface area contributed by atoms with E-state index in [9.17, 15) is 10.2 Å². The lowest BCUT2D eigenvalue weighted by Gasteiger charge is -2.42. The normalized spacial score (nSPS) is 20.5. The van der Waals surface area contributed by atoms with Crippen LogP contribution in [0.2, 0.25) is 5.02 Å². The molecule has 2 atom stereocenters. The van der Waals surface area contributed by atoms with Crippen molar-refractivity contribution in [2.24, 2.45) is 0 Å². The topological polar surface area (TPSA) is 89.2 Å². The van der Waals surface area contributed by atoms with E-state index in [0.29, 0.717) is 54.9 Å². The van der Waals surface area contributed by atoms with Crippen LogP contribution in [0.1, 0.15) is 17.5 Å². The summed E-state index contributed by atoms with van der Waals surface area (Å²) in [5.41, 5.74) is 0.741. The predicted octanol–water partition coefficient (Wildman–Crippen LogP) is 3.31. The fraction of sp³-hybridized carbons (Fsp3) is 0.423. The van der Waals surface area contributed by atoms with Crippen LogP contribution < -0.4 is 14.2 Å². The summed E-state index contributed by atoms with van der Waals surface area (Å²) in [5.74, 6) is 1.87. The number of β-amino-alcohol motifs (C(OH)–C–C–N with tert-alkyl or cyclic N) is 1. The molecule has 0 saturated carbocycles. The maximum absolute atomic E-state index is 11.2. The van der Waals surface area contributed by atoms with Crippen molar-refractivity contribution in [1.82, 2.24) is 14.7 Å². The second-order valence-corrected chi connectivity index (χ2v) is 9.42. The summed E-state index contributed by atoms with van der Waals surface area (Å²) >= 11 is 6.01. The third-order valence-corrected chi connectivity index (χ3v) is 6.33. The van der Waals surface area contributed by atoms with Crippen molar-refractivity contribution in [2.75, 3.05) is 33.4 Å². The van der Waals surface area contributed by atoms with E-state index >= 15 is 0 Å². The molecule has 2 aromatic carbocycles. The average Bonchev–Trinajstić information content (AvgIpc) is 3.26. The molecule has 1 fully saturated rings. The number of ether oxygens (including phenoxy) is 3. The Hall–Kier alpha value is -2.78. The first-order valence-electron chi connectivity index (χ1n) is 11.6. The van der Waals surface area contributed by atoms with Gasteiger partial charge in [0.25, 0.3) is 0 Å². The largest absolute Gasteiger partial charge is 0.493 e. The number of methoxy groups -OCH3 is 1. The lowest BCUT2D eigenvalue weighted by atomic mass is 9.90. The van der Waals surface area contributed by atoms with Gasteiger partial charge in [0.2, 0.25) is 0 Å². The minimum absolute atomic E-state index is 0.0309. The van der Waals surface area contributed by atoms with Gasteiger partial charge in [-0.3, -0.25) is 9.58 Å². The number of hydrogen-bond acceptors (Lipinski definition) is 7. The molecule has 3 aromatic rings. The molecule has 0 unspecified atom stereocenters. The molecule has 35 heavy (non-hydrogen) atoms. The minimum Gasteiger partial charge on any atom is -0.493 e. The van der Waals surface area contributed by atoms with Gasteiger partial charge < -0.3 is 24.4 Å². The monoisotopic (exact) mass is 501 g/mol. The molecule has 1 aliphatic rings. The smallest absolute Gasteiger partial charge is 0.161 e. The highest BCUT2D eigenvalue weighted by molar-refractivity contribution is 6.30. The van der Waals surface area contributed by atoms with Gasteiger partial charge in [0, 0.05) is 30.9 Å².